The van der Waals surface area contributed by atoms with Crippen LogP contribution in [0, 0.1) is 12.7 Å². The summed E-state index contributed by atoms with van der Waals surface area (Å²) in [6, 6.07) is 22.5. The number of carbonyl (C=O) groups excluding carboxylic acids is 1. The Kier molecular flexibility index (Phi) is 6.58. The molecule has 2 aromatic heterocycles. The molecule has 0 aliphatic rings. The van der Waals surface area contributed by atoms with Gasteiger partial charge in [-0.15, -0.1) is 0 Å². The average Bonchev–Trinajstić information content (AvgIpc) is 3.58. The first kappa shape index (κ1) is 27.2. The van der Waals surface area contributed by atoms with Gasteiger partial charge in [-0.05, 0) is 60.5 Å². The van der Waals surface area contributed by atoms with E-state index in [4.69, 9.17) is 9.40 Å². The van der Waals surface area contributed by atoms with E-state index in [9.17, 15) is 17.6 Å². The number of rotatable bonds is 6. The predicted octanol–water partition coefficient (Wildman–Crippen LogP) is 6.51. The molecule has 0 saturated heterocycles. The highest BCUT2D eigenvalue weighted by Gasteiger charge is 2.26. The highest BCUT2D eigenvalue weighted by molar-refractivity contribution is 7.92. The number of para-hydroxylation sites is 1. The number of aromatic amines is 1. The van der Waals surface area contributed by atoms with Gasteiger partial charge in [0.05, 0.1) is 28.5 Å². The van der Waals surface area contributed by atoms with Crippen LogP contribution >= 0.6 is 0 Å². The molecule has 0 atom stereocenters. The normalized spacial score (nSPS) is 11.7. The molecule has 2 heterocycles. The smallest absolute Gasteiger partial charge is 0.255 e. The van der Waals surface area contributed by atoms with Crippen LogP contribution in [0.2, 0.25) is 0 Å². The van der Waals surface area contributed by atoms with E-state index in [-0.39, 0.29) is 11.3 Å². The van der Waals surface area contributed by atoms with Crippen LogP contribution < -0.4 is 9.62 Å². The Morgan fingerprint density at radius 1 is 0.976 bits per heavy atom. The number of H-pyrrole nitrogens is 1. The van der Waals surface area contributed by atoms with Crippen LogP contribution in [0.4, 0.5) is 10.1 Å². The first-order valence-electron chi connectivity index (χ1n) is 13.1. The SMILES string of the molecule is CNC(=O)c1c(-c2ccc(F)cc2)oc2cc(N(C)S(C)(=O)=O)c(-c3cccc(-c4nc5c(C)cccc5[nH]4)c3)cc12. The maximum atomic E-state index is 13.7. The lowest BCUT2D eigenvalue weighted by molar-refractivity contribution is 0.0964. The van der Waals surface area contributed by atoms with Gasteiger partial charge in [0.1, 0.15) is 23.0 Å². The molecule has 4 aromatic carbocycles. The minimum absolute atomic E-state index is 0.251. The number of benzene rings is 4. The molecule has 0 aliphatic carbocycles. The van der Waals surface area contributed by atoms with Crippen molar-refractivity contribution in [1.82, 2.24) is 15.3 Å². The van der Waals surface area contributed by atoms with Crippen LogP contribution in [0.3, 0.4) is 0 Å². The molecule has 0 aliphatic heterocycles. The van der Waals surface area contributed by atoms with Gasteiger partial charge in [-0.1, -0.05) is 30.3 Å². The Balaban J connectivity index is 1.60. The minimum Gasteiger partial charge on any atom is -0.455 e. The van der Waals surface area contributed by atoms with Crippen molar-refractivity contribution in [2.45, 2.75) is 6.92 Å². The van der Waals surface area contributed by atoms with E-state index in [1.807, 2.05) is 49.4 Å². The highest BCUT2D eigenvalue weighted by Crippen LogP contribution is 2.42. The molecule has 212 valence electrons. The summed E-state index contributed by atoms with van der Waals surface area (Å²) in [5, 5.41) is 3.14. The van der Waals surface area contributed by atoms with Crippen molar-refractivity contribution in [3.05, 3.63) is 95.8 Å². The Bertz CT molecular complexity index is 2110. The van der Waals surface area contributed by atoms with Crippen LogP contribution in [0.1, 0.15) is 15.9 Å². The second-order valence-electron chi connectivity index (χ2n) is 10.1. The van der Waals surface area contributed by atoms with Crippen molar-refractivity contribution >= 4 is 43.6 Å². The first-order chi connectivity index (χ1) is 20.0. The number of aromatic nitrogens is 2. The fraction of sp³-hybridized carbons (Fsp3) is 0.125. The molecule has 6 aromatic rings. The zero-order valence-corrected chi connectivity index (χ0v) is 24.1. The van der Waals surface area contributed by atoms with Gasteiger partial charge in [-0.2, -0.15) is 0 Å². The molecule has 0 radical (unpaired) electrons. The van der Waals surface area contributed by atoms with Crippen molar-refractivity contribution in [3.8, 4) is 33.8 Å². The summed E-state index contributed by atoms with van der Waals surface area (Å²) < 4.78 is 46.5. The number of hydrogen-bond acceptors (Lipinski definition) is 5. The van der Waals surface area contributed by atoms with Gasteiger partial charge >= 0.3 is 0 Å². The van der Waals surface area contributed by atoms with Crippen LogP contribution in [0.25, 0.3) is 55.8 Å². The number of aryl methyl sites for hydroxylation is 1. The van der Waals surface area contributed by atoms with E-state index in [1.165, 1.54) is 42.7 Å². The van der Waals surface area contributed by atoms with Gasteiger partial charge in [0.25, 0.3) is 5.91 Å². The first-order valence-corrected chi connectivity index (χ1v) is 15.0. The molecule has 0 bridgehead atoms. The van der Waals surface area contributed by atoms with Gasteiger partial charge in [0, 0.05) is 42.2 Å². The number of amides is 1. The number of halogens is 1. The average molecular weight is 583 g/mol. The second-order valence-corrected chi connectivity index (χ2v) is 12.1. The third kappa shape index (κ3) is 4.69. The number of fused-ring (bicyclic) bond motifs is 2. The van der Waals surface area contributed by atoms with Gasteiger partial charge < -0.3 is 14.7 Å². The summed E-state index contributed by atoms with van der Waals surface area (Å²) in [6.07, 6.45) is 1.12. The van der Waals surface area contributed by atoms with Gasteiger partial charge in [0.2, 0.25) is 10.0 Å². The zero-order valence-electron chi connectivity index (χ0n) is 23.3. The number of anilines is 1. The van der Waals surface area contributed by atoms with Crippen LogP contribution in [-0.2, 0) is 10.0 Å². The Morgan fingerprint density at radius 3 is 2.38 bits per heavy atom. The summed E-state index contributed by atoms with van der Waals surface area (Å²) >= 11 is 0. The summed E-state index contributed by atoms with van der Waals surface area (Å²) in [7, 11) is -0.686. The predicted molar refractivity (Wildman–Crippen MR) is 164 cm³/mol. The number of nitrogens with zero attached hydrogens (tertiary/aromatic N) is 2. The highest BCUT2D eigenvalue weighted by atomic mass is 32.2. The van der Waals surface area contributed by atoms with Crippen LogP contribution in [0.5, 0.6) is 0 Å². The molecule has 10 heteroatoms. The number of sulfonamides is 1. The third-order valence-electron chi connectivity index (χ3n) is 7.37. The summed E-state index contributed by atoms with van der Waals surface area (Å²) in [4.78, 5) is 21.3. The fourth-order valence-electron chi connectivity index (χ4n) is 5.10. The molecular weight excluding hydrogens is 555 g/mol. The van der Waals surface area contributed by atoms with E-state index >= 15 is 0 Å². The standard InChI is InChI=1S/C32H27FN4O4S/c1-18-7-5-10-25-29(18)36-31(35-25)21-9-6-8-20(15-21)23-16-24-27(17-26(23)37(3)42(4,39)40)41-30(28(24)32(38)34-2)19-11-13-22(33)14-12-19/h5-17H,1-4H3,(H,34,38)(H,35,36). The van der Waals surface area contributed by atoms with Crippen molar-refractivity contribution in [2.75, 3.05) is 24.7 Å². The van der Waals surface area contributed by atoms with Crippen molar-refractivity contribution < 1.29 is 22.0 Å². The van der Waals surface area contributed by atoms with E-state index in [2.05, 4.69) is 10.3 Å². The van der Waals surface area contributed by atoms with Crippen LogP contribution in [0.15, 0.2) is 83.3 Å². The van der Waals surface area contributed by atoms with Crippen molar-refractivity contribution in [3.63, 3.8) is 0 Å². The van der Waals surface area contributed by atoms with Gasteiger partial charge in [0.15, 0.2) is 0 Å². The number of hydrogen-bond donors (Lipinski definition) is 2. The number of furan rings is 1. The molecule has 1 amide bonds. The Labute approximate surface area is 241 Å². The lowest BCUT2D eigenvalue weighted by atomic mass is 9.97. The maximum absolute atomic E-state index is 13.7. The van der Waals surface area contributed by atoms with E-state index in [0.717, 1.165) is 28.4 Å². The van der Waals surface area contributed by atoms with Crippen molar-refractivity contribution in [1.29, 1.82) is 0 Å². The molecule has 0 fully saturated rings. The molecule has 6 rings (SSSR count). The topological polar surface area (TPSA) is 108 Å². The van der Waals surface area contributed by atoms with E-state index < -0.39 is 21.7 Å². The lowest BCUT2D eigenvalue weighted by Gasteiger charge is -2.21. The largest absolute Gasteiger partial charge is 0.455 e. The van der Waals surface area contributed by atoms with E-state index in [0.29, 0.717) is 39.2 Å². The molecule has 42 heavy (non-hydrogen) atoms. The summed E-state index contributed by atoms with van der Waals surface area (Å²) in [5.74, 6) is 0.110. The third-order valence-corrected chi connectivity index (χ3v) is 8.56. The van der Waals surface area contributed by atoms with Crippen LogP contribution in [-0.4, -0.2) is 44.6 Å². The second kappa shape index (κ2) is 10.1. The molecule has 0 unspecified atom stereocenters. The molecular formula is C32H27FN4O4S. The molecule has 0 spiro atoms. The molecule has 2 N–H and O–H groups in total. The minimum atomic E-state index is -3.67. The zero-order chi connectivity index (χ0) is 29.8. The lowest BCUT2D eigenvalue weighted by Crippen LogP contribution is -2.25. The molecule has 0 saturated carbocycles. The van der Waals surface area contributed by atoms with Crippen molar-refractivity contribution in [2.24, 2.45) is 0 Å². The monoisotopic (exact) mass is 582 g/mol. The van der Waals surface area contributed by atoms with E-state index in [1.54, 1.807) is 12.1 Å². The number of carbonyl (C=O) groups is 1. The Morgan fingerprint density at radius 2 is 1.69 bits per heavy atom. The number of nitrogens with one attached hydrogen (secondary N) is 2. The fourth-order valence-corrected chi connectivity index (χ4v) is 5.61. The maximum Gasteiger partial charge on any atom is 0.255 e. The molecule has 8 nitrogen and oxygen atoms in total. The summed E-state index contributed by atoms with van der Waals surface area (Å²) in [6.45, 7) is 2.00. The quantitative estimate of drug-likeness (QED) is 0.233. The van der Waals surface area contributed by atoms with Gasteiger partial charge in [-0.25, -0.2) is 17.8 Å². The Hall–Kier alpha value is -4.96. The number of imidazole rings is 1. The summed E-state index contributed by atoms with van der Waals surface area (Å²) in [5.41, 5.74) is 6.37. The van der Waals surface area contributed by atoms with Gasteiger partial charge in [-0.3, -0.25) is 9.10 Å².